The largest absolute Gasteiger partial charge is 0.426 e. The van der Waals surface area contributed by atoms with E-state index in [-0.39, 0.29) is 11.7 Å². The Hall–Kier alpha value is -1.64. The molecule has 15 heavy (non-hydrogen) atoms. The monoisotopic (exact) mass is 204 g/mol. The summed E-state index contributed by atoms with van der Waals surface area (Å²) in [5.41, 5.74) is 0.928. The molecule has 0 amide bonds. The van der Waals surface area contributed by atoms with Crippen LogP contribution in [0.3, 0.4) is 0 Å². The number of benzene rings is 1. The van der Waals surface area contributed by atoms with Crippen LogP contribution in [0.15, 0.2) is 24.3 Å². The Bertz CT molecular complexity index is 423. The first-order chi connectivity index (χ1) is 7.11. The third-order valence-electron chi connectivity index (χ3n) is 2.81. The molecule has 3 nitrogen and oxygen atoms in total. The summed E-state index contributed by atoms with van der Waals surface area (Å²) in [6.07, 6.45) is 0. The molecule has 0 aliphatic carbocycles. The molecule has 0 fully saturated rings. The molecule has 0 spiro atoms. The van der Waals surface area contributed by atoms with Crippen LogP contribution in [-0.4, -0.2) is 11.8 Å². The maximum Gasteiger partial charge on any atom is 0.322 e. The van der Waals surface area contributed by atoms with E-state index in [0.29, 0.717) is 5.75 Å². The highest BCUT2D eigenvalue weighted by Gasteiger charge is 2.37. The van der Waals surface area contributed by atoms with E-state index in [9.17, 15) is 9.59 Å². The zero-order valence-electron chi connectivity index (χ0n) is 8.69. The van der Waals surface area contributed by atoms with Crippen molar-refractivity contribution in [1.29, 1.82) is 0 Å². The number of para-hydroxylation sites is 1. The SMILES string of the molecule is CC(=O)C1C(=O)Oc2ccccc2C1C. The summed E-state index contributed by atoms with van der Waals surface area (Å²) in [6, 6.07) is 7.33. The molecule has 0 radical (unpaired) electrons. The van der Waals surface area contributed by atoms with Gasteiger partial charge in [-0.3, -0.25) is 9.59 Å². The highest BCUT2D eigenvalue weighted by Crippen LogP contribution is 2.37. The molecular weight excluding hydrogens is 192 g/mol. The first-order valence-corrected chi connectivity index (χ1v) is 4.92. The number of ether oxygens (including phenoxy) is 1. The molecule has 0 saturated carbocycles. The minimum absolute atomic E-state index is 0.0973. The van der Waals surface area contributed by atoms with Gasteiger partial charge in [-0.2, -0.15) is 0 Å². The van der Waals surface area contributed by atoms with Crippen LogP contribution in [0.1, 0.15) is 25.3 Å². The van der Waals surface area contributed by atoms with Crippen LogP contribution in [0.2, 0.25) is 0 Å². The van der Waals surface area contributed by atoms with Gasteiger partial charge in [-0.1, -0.05) is 25.1 Å². The number of carbonyl (C=O) groups excluding carboxylic acids is 2. The summed E-state index contributed by atoms with van der Waals surface area (Å²) < 4.78 is 5.12. The van der Waals surface area contributed by atoms with Crippen molar-refractivity contribution in [3.05, 3.63) is 29.8 Å². The van der Waals surface area contributed by atoms with E-state index >= 15 is 0 Å². The lowest BCUT2D eigenvalue weighted by atomic mass is 9.83. The zero-order chi connectivity index (χ0) is 11.0. The van der Waals surface area contributed by atoms with Crippen molar-refractivity contribution in [1.82, 2.24) is 0 Å². The topological polar surface area (TPSA) is 43.4 Å². The molecule has 3 heteroatoms. The Morgan fingerprint density at radius 3 is 2.67 bits per heavy atom. The fraction of sp³-hybridized carbons (Fsp3) is 0.333. The van der Waals surface area contributed by atoms with Crippen LogP contribution in [0, 0.1) is 5.92 Å². The smallest absolute Gasteiger partial charge is 0.322 e. The number of fused-ring (bicyclic) bond motifs is 1. The number of carbonyl (C=O) groups is 2. The van der Waals surface area contributed by atoms with Gasteiger partial charge in [0.25, 0.3) is 0 Å². The number of hydrogen-bond acceptors (Lipinski definition) is 3. The molecule has 0 N–H and O–H groups in total. The Morgan fingerprint density at radius 1 is 1.33 bits per heavy atom. The highest BCUT2D eigenvalue weighted by atomic mass is 16.5. The van der Waals surface area contributed by atoms with E-state index in [1.807, 2.05) is 25.1 Å². The fourth-order valence-corrected chi connectivity index (χ4v) is 2.02. The summed E-state index contributed by atoms with van der Waals surface area (Å²) in [4.78, 5) is 22.9. The second-order valence-electron chi connectivity index (χ2n) is 3.84. The number of rotatable bonds is 1. The minimum Gasteiger partial charge on any atom is -0.426 e. The van der Waals surface area contributed by atoms with Crippen molar-refractivity contribution < 1.29 is 14.3 Å². The lowest BCUT2D eigenvalue weighted by Gasteiger charge is -2.27. The van der Waals surface area contributed by atoms with Crippen LogP contribution in [0.4, 0.5) is 0 Å². The maximum atomic E-state index is 11.6. The summed E-state index contributed by atoms with van der Waals surface area (Å²) in [5.74, 6) is -0.747. The van der Waals surface area contributed by atoms with Gasteiger partial charge in [0.15, 0.2) is 0 Å². The van der Waals surface area contributed by atoms with E-state index in [0.717, 1.165) is 5.56 Å². The standard InChI is InChI=1S/C12H12O3/c1-7-9-5-3-4-6-10(9)15-12(14)11(7)8(2)13/h3-7,11H,1-2H3. The predicted molar refractivity (Wildman–Crippen MR) is 54.7 cm³/mol. The molecule has 0 aromatic heterocycles. The number of ketones is 1. The fourth-order valence-electron chi connectivity index (χ4n) is 2.02. The predicted octanol–water partition coefficient (Wildman–Crippen LogP) is 1.91. The molecule has 1 aromatic rings. The highest BCUT2D eigenvalue weighted by molar-refractivity contribution is 6.00. The van der Waals surface area contributed by atoms with E-state index < -0.39 is 11.9 Å². The molecule has 0 bridgehead atoms. The molecule has 0 saturated heterocycles. The van der Waals surface area contributed by atoms with Crippen molar-refractivity contribution >= 4 is 11.8 Å². The molecule has 2 unspecified atom stereocenters. The first-order valence-electron chi connectivity index (χ1n) is 4.92. The van der Waals surface area contributed by atoms with Crippen LogP contribution in [0.5, 0.6) is 5.75 Å². The molecule has 1 aliphatic heterocycles. The molecule has 1 aliphatic rings. The average Bonchev–Trinajstić information content (AvgIpc) is 2.17. The van der Waals surface area contributed by atoms with Crippen molar-refractivity contribution in [3.8, 4) is 5.75 Å². The molecular formula is C12H12O3. The maximum absolute atomic E-state index is 11.6. The number of esters is 1. The zero-order valence-corrected chi connectivity index (χ0v) is 8.69. The third-order valence-corrected chi connectivity index (χ3v) is 2.81. The Balaban J connectivity index is 2.47. The molecule has 2 rings (SSSR count). The minimum atomic E-state index is -0.653. The summed E-state index contributed by atoms with van der Waals surface area (Å²) in [6.45, 7) is 3.31. The van der Waals surface area contributed by atoms with E-state index in [2.05, 4.69) is 0 Å². The Labute approximate surface area is 88.1 Å². The third kappa shape index (κ3) is 1.54. The van der Waals surface area contributed by atoms with E-state index in [4.69, 9.17) is 4.74 Å². The van der Waals surface area contributed by atoms with Crippen molar-refractivity contribution in [2.24, 2.45) is 5.92 Å². The van der Waals surface area contributed by atoms with Gasteiger partial charge in [0.1, 0.15) is 17.5 Å². The molecule has 1 aromatic carbocycles. The Kier molecular flexibility index (Phi) is 2.31. The van der Waals surface area contributed by atoms with Gasteiger partial charge in [0, 0.05) is 5.92 Å². The van der Waals surface area contributed by atoms with Gasteiger partial charge in [-0.05, 0) is 18.6 Å². The van der Waals surface area contributed by atoms with E-state index in [1.165, 1.54) is 6.92 Å². The lowest BCUT2D eigenvalue weighted by molar-refractivity contribution is -0.145. The first kappa shape index (κ1) is 9.90. The average molecular weight is 204 g/mol. The second kappa shape index (κ2) is 3.50. The number of Topliss-reactive ketones (excluding diaryl/α,β-unsaturated/α-hetero) is 1. The van der Waals surface area contributed by atoms with Crippen LogP contribution in [-0.2, 0) is 9.59 Å². The van der Waals surface area contributed by atoms with Crippen LogP contribution in [0.25, 0.3) is 0 Å². The van der Waals surface area contributed by atoms with Crippen LogP contribution < -0.4 is 4.74 Å². The summed E-state index contributed by atoms with van der Waals surface area (Å²) in [5, 5.41) is 0. The molecule has 78 valence electrons. The van der Waals surface area contributed by atoms with Crippen molar-refractivity contribution in [3.63, 3.8) is 0 Å². The van der Waals surface area contributed by atoms with Crippen LogP contribution >= 0.6 is 0 Å². The normalized spacial score (nSPS) is 24.3. The van der Waals surface area contributed by atoms with Gasteiger partial charge in [-0.25, -0.2) is 0 Å². The van der Waals surface area contributed by atoms with Gasteiger partial charge in [0.2, 0.25) is 0 Å². The second-order valence-corrected chi connectivity index (χ2v) is 3.84. The summed E-state index contributed by atoms with van der Waals surface area (Å²) >= 11 is 0. The lowest BCUT2D eigenvalue weighted by Crippen LogP contribution is -2.35. The number of hydrogen-bond donors (Lipinski definition) is 0. The summed E-state index contributed by atoms with van der Waals surface area (Å²) in [7, 11) is 0. The molecule has 2 atom stereocenters. The van der Waals surface area contributed by atoms with Crippen molar-refractivity contribution in [2.75, 3.05) is 0 Å². The Morgan fingerprint density at radius 2 is 2.00 bits per heavy atom. The quantitative estimate of drug-likeness (QED) is 0.398. The van der Waals surface area contributed by atoms with Gasteiger partial charge in [-0.15, -0.1) is 0 Å². The van der Waals surface area contributed by atoms with Gasteiger partial charge >= 0.3 is 5.97 Å². The van der Waals surface area contributed by atoms with Crippen molar-refractivity contribution in [2.45, 2.75) is 19.8 Å². The molecule has 1 heterocycles. The van der Waals surface area contributed by atoms with E-state index in [1.54, 1.807) is 6.07 Å². The van der Waals surface area contributed by atoms with Gasteiger partial charge in [0.05, 0.1) is 0 Å². The van der Waals surface area contributed by atoms with Gasteiger partial charge < -0.3 is 4.74 Å².